The van der Waals surface area contributed by atoms with Crippen molar-refractivity contribution in [3.05, 3.63) is 0 Å². The van der Waals surface area contributed by atoms with Gasteiger partial charge in [-0.3, -0.25) is 4.79 Å². The monoisotopic (exact) mass is 213 g/mol. The highest BCUT2D eigenvalue weighted by atomic mass is 16.5. The molecule has 1 amide bonds. The lowest BCUT2D eigenvalue weighted by Gasteiger charge is -2.33. The van der Waals surface area contributed by atoms with Crippen molar-refractivity contribution in [2.24, 2.45) is 5.41 Å². The van der Waals surface area contributed by atoms with Gasteiger partial charge in [-0.2, -0.15) is 0 Å². The van der Waals surface area contributed by atoms with E-state index in [4.69, 9.17) is 9.84 Å². The van der Waals surface area contributed by atoms with E-state index in [0.717, 1.165) is 25.7 Å². The molecule has 0 aromatic carbocycles. The fourth-order valence-corrected chi connectivity index (χ4v) is 1.91. The molecule has 1 aliphatic heterocycles. The lowest BCUT2D eigenvalue weighted by atomic mass is 9.81. The van der Waals surface area contributed by atoms with E-state index in [1.165, 1.54) is 0 Å². The Bertz CT molecular complexity index is 255. The van der Waals surface area contributed by atoms with E-state index in [-0.39, 0.29) is 23.5 Å². The van der Waals surface area contributed by atoms with Gasteiger partial charge in [0.1, 0.15) is 0 Å². The smallest absolute Gasteiger partial charge is 0.226 e. The fourth-order valence-electron chi connectivity index (χ4n) is 1.91. The second-order valence-electron chi connectivity index (χ2n) is 5.07. The van der Waals surface area contributed by atoms with Crippen LogP contribution in [-0.2, 0) is 9.53 Å². The molecule has 2 rings (SSSR count). The molecule has 86 valence electrons. The first-order chi connectivity index (χ1) is 7.10. The van der Waals surface area contributed by atoms with E-state index in [0.29, 0.717) is 13.2 Å². The van der Waals surface area contributed by atoms with Crippen molar-refractivity contribution in [3.63, 3.8) is 0 Å². The number of hydrogen-bond acceptors (Lipinski definition) is 3. The number of carbonyl (C=O) groups excluding carboxylic acids is 1. The summed E-state index contributed by atoms with van der Waals surface area (Å²) in [7, 11) is 0. The third kappa shape index (κ3) is 2.16. The van der Waals surface area contributed by atoms with Gasteiger partial charge in [0, 0.05) is 13.2 Å². The molecule has 4 nitrogen and oxygen atoms in total. The number of aliphatic hydroxyl groups excluding tert-OH is 1. The Balaban J connectivity index is 1.94. The van der Waals surface area contributed by atoms with Crippen LogP contribution >= 0.6 is 0 Å². The molecule has 0 spiro atoms. The van der Waals surface area contributed by atoms with Crippen molar-refractivity contribution in [3.8, 4) is 0 Å². The van der Waals surface area contributed by atoms with Gasteiger partial charge in [-0.05, 0) is 25.7 Å². The van der Waals surface area contributed by atoms with Gasteiger partial charge in [-0.15, -0.1) is 0 Å². The third-order valence-corrected chi connectivity index (χ3v) is 3.68. The Morgan fingerprint density at radius 3 is 2.40 bits per heavy atom. The average Bonchev–Trinajstić information content (AvgIpc) is 3.00. The zero-order valence-corrected chi connectivity index (χ0v) is 9.21. The van der Waals surface area contributed by atoms with Crippen LogP contribution in [-0.4, -0.2) is 36.4 Å². The molecule has 1 saturated heterocycles. The summed E-state index contributed by atoms with van der Waals surface area (Å²) >= 11 is 0. The van der Waals surface area contributed by atoms with E-state index < -0.39 is 0 Å². The molecule has 0 unspecified atom stereocenters. The number of aliphatic hydroxyl groups is 1. The molecule has 1 heterocycles. The number of rotatable bonds is 3. The van der Waals surface area contributed by atoms with Gasteiger partial charge in [0.2, 0.25) is 5.91 Å². The van der Waals surface area contributed by atoms with Crippen molar-refractivity contribution < 1.29 is 14.6 Å². The largest absolute Gasteiger partial charge is 0.394 e. The molecule has 0 atom stereocenters. The highest BCUT2D eigenvalue weighted by molar-refractivity contribution is 5.83. The van der Waals surface area contributed by atoms with Crippen LogP contribution in [0.1, 0.15) is 32.6 Å². The maximum atomic E-state index is 12.1. The molecule has 1 saturated carbocycles. The standard InChI is InChI=1S/C11H19NO3/c1-10(4-6-15-7-5-10)9(14)12-11(8-13)2-3-11/h13H,2-8H2,1H3,(H,12,14). The van der Waals surface area contributed by atoms with Gasteiger partial charge < -0.3 is 15.2 Å². The minimum absolute atomic E-state index is 0.0608. The summed E-state index contributed by atoms with van der Waals surface area (Å²) < 4.78 is 5.26. The summed E-state index contributed by atoms with van der Waals surface area (Å²) in [6, 6.07) is 0. The predicted octanol–water partition coefficient (Wildman–Crippen LogP) is 0.444. The lowest BCUT2D eigenvalue weighted by molar-refractivity contribution is -0.136. The number of hydrogen-bond donors (Lipinski definition) is 2. The predicted molar refractivity (Wildman–Crippen MR) is 55.4 cm³/mol. The second kappa shape index (κ2) is 3.76. The molecule has 0 aromatic heterocycles. The van der Waals surface area contributed by atoms with E-state index in [1.807, 2.05) is 6.92 Å². The Morgan fingerprint density at radius 1 is 1.33 bits per heavy atom. The van der Waals surface area contributed by atoms with E-state index in [1.54, 1.807) is 0 Å². The van der Waals surface area contributed by atoms with Gasteiger partial charge >= 0.3 is 0 Å². The van der Waals surface area contributed by atoms with Gasteiger partial charge in [0.05, 0.1) is 17.6 Å². The van der Waals surface area contributed by atoms with Crippen molar-refractivity contribution >= 4 is 5.91 Å². The Hall–Kier alpha value is -0.610. The van der Waals surface area contributed by atoms with Crippen molar-refractivity contribution in [2.75, 3.05) is 19.8 Å². The molecule has 0 bridgehead atoms. The minimum Gasteiger partial charge on any atom is -0.394 e. The van der Waals surface area contributed by atoms with E-state index in [2.05, 4.69) is 5.32 Å². The summed E-state index contributed by atoms with van der Waals surface area (Å²) in [5, 5.41) is 12.1. The number of carbonyl (C=O) groups is 1. The SMILES string of the molecule is CC1(C(=O)NC2(CO)CC2)CCOCC1. The molecule has 2 N–H and O–H groups in total. The zero-order chi connectivity index (χ0) is 10.9. The molecular formula is C11H19NO3. The normalized spacial score (nSPS) is 27.1. The van der Waals surface area contributed by atoms with Gasteiger partial charge in [-0.1, -0.05) is 6.92 Å². The highest BCUT2D eigenvalue weighted by Crippen LogP contribution is 2.37. The molecule has 0 aromatic rings. The number of nitrogens with one attached hydrogen (secondary N) is 1. The topological polar surface area (TPSA) is 58.6 Å². The van der Waals surface area contributed by atoms with Crippen LogP contribution in [0.15, 0.2) is 0 Å². The van der Waals surface area contributed by atoms with Crippen LogP contribution in [0, 0.1) is 5.41 Å². The van der Waals surface area contributed by atoms with Gasteiger partial charge in [-0.25, -0.2) is 0 Å². The molecular weight excluding hydrogens is 194 g/mol. The van der Waals surface area contributed by atoms with Crippen molar-refractivity contribution in [1.82, 2.24) is 5.32 Å². The summed E-state index contributed by atoms with van der Waals surface area (Å²) in [5.74, 6) is 0.0809. The Kier molecular flexibility index (Phi) is 2.73. The number of amides is 1. The van der Waals surface area contributed by atoms with Gasteiger partial charge in [0.15, 0.2) is 0 Å². The average molecular weight is 213 g/mol. The quantitative estimate of drug-likeness (QED) is 0.715. The summed E-state index contributed by atoms with van der Waals surface area (Å²) in [4.78, 5) is 12.1. The first kappa shape index (κ1) is 10.9. The van der Waals surface area contributed by atoms with Gasteiger partial charge in [0.25, 0.3) is 0 Å². The van der Waals surface area contributed by atoms with Crippen LogP contribution in [0.5, 0.6) is 0 Å². The maximum Gasteiger partial charge on any atom is 0.226 e. The van der Waals surface area contributed by atoms with Crippen molar-refractivity contribution in [1.29, 1.82) is 0 Å². The highest BCUT2D eigenvalue weighted by Gasteiger charge is 2.47. The zero-order valence-electron chi connectivity index (χ0n) is 9.21. The van der Waals surface area contributed by atoms with Crippen LogP contribution in [0.25, 0.3) is 0 Å². The van der Waals surface area contributed by atoms with Crippen LogP contribution in [0.2, 0.25) is 0 Å². The maximum absolute atomic E-state index is 12.1. The van der Waals surface area contributed by atoms with E-state index >= 15 is 0 Å². The first-order valence-electron chi connectivity index (χ1n) is 5.62. The molecule has 2 fully saturated rings. The Morgan fingerprint density at radius 2 is 1.93 bits per heavy atom. The summed E-state index contributed by atoms with van der Waals surface area (Å²) in [6.45, 7) is 3.37. The van der Waals surface area contributed by atoms with Crippen LogP contribution in [0.4, 0.5) is 0 Å². The molecule has 2 aliphatic rings. The first-order valence-corrected chi connectivity index (χ1v) is 5.62. The molecule has 4 heteroatoms. The molecule has 0 radical (unpaired) electrons. The lowest BCUT2D eigenvalue weighted by Crippen LogP contribution is -2.49. The van der Waals surface area contributed by atoms with Crippen LogP contribution < -0.4 is 5.32 Å². The summed E-state index contributed by atoms with van der Waals surface area (Å²) in [5.41, 5.74) is -0.596. The molecule has 1 aliphatic carbocycles. The second-order valence-corrected chi connectivity index (χ2v) is 5.07. The fraction of sp³-hybridized carbons (Fsp3) is 0.909. The Labute approximate surface area is 90.0 Å². The van der Waals surface area contributed by atoms with Crippen LogP contribution in [0.3, 0.4) is 0 Å². The third-order valence-electron chi connectivity index (χ3n) is 3.68. The molecule has 15 heavy (non-hydrogen) atoms. The summed E-state index contributed by atoms with van der Waals surface area (Å²) in [6.07, 6.45) is 3.37. The van der Waals surface area contributed by atoms with Crippen molar-refractivity contribution in [2.45, 2.75) is 38.1 Å². The van der Waals surface area contributed by atoms with E-state index in [9.17, 15) is 4.79 Å². The minimum atomic E-state index is -0.303. The number of ether oxygens (including phenoxy) is 1.